The summed E-state index contributed by atoms with van der Waals surface area (Å²) in [6, 6.07) is 21.0. The molecule has 20 heavy (non-hydrogen) atoms. The highest BCUT2D eigenvalue weighted by Crippen LogP contribution is 2.32. The van der Waals surface area contributed by atoms with Crippen molar-refractivity contribution in [2.45, 2.75) is 6.92 Å². The first-order valence-electron chi connectivity index (χ1n) is 6.76. The molecule has 0 spiro atoms. The van der Waals surface area contributed by atoms with Crippen molar-refractivity contribution in [3.05, 3.63) is 72.4 Å². The first kappa shape index (κ1) is 11.2. The smallest absolute Gasteiger partial charge is 0.145 e. The summed E-state index contributed by atoms with van der Waals surface area (Å²) in [5.74, 6) is 0. The van der Waals surface area contributed by atoms with Gasteiger partial charge in [-0.15, -0.1) is 0 Å². The monoisotopic (exact) mass is 258 g/mol. The Kier molecular flexibility index (Phi) is 2.36. The number of aryl methyl sites for hydroxylation is 1. The van der Waals surface area contributed by atoms with E-state index in [-0.39, 0.29) is 0 Å². The summed E-state index contributed by atoms with van der Waals surface area (Å²) in [6.07, 6.45) is 1.88. The zero-order valence-electron chi connectivity index (χ0n) is 11.2. The van der Waals surface area contributed by atoms with Gasteiger partial charge in [-0.05, 0) is 36.8 Å². The molecule has 0 unspecified atom stereocenters. The van der Waals surface area contributed by atoms with Gasteiger partial charge in [0.05, 0.1) is 5.52 Å². The molecule has 2 nitrogen and oxygen atoms in total. The Morgan fingerprint density at radius 1 is 0.850 bits per heavy atom. The number of benzene rings is 2. The fourth-order valence-electron chi connectivity index (χ4n) is 2.88. The Morgan fingerprint density at radius 2 is 1.60 bits per heavy atom. The van der Waals surface area contributed by atoms with Crippen LogP contribution in [-0.4, -0.2) is 9.55 Å². The molecule has 0 bridgehead atoms. The summed E-state index contributed by atoms with van der Waals surface area (Å²) in [4.78, 5) is 4.62. The van der Waals surface area contributed by atoms with Gasteiger partial charge in [-0.25, -0.2) is 4.98 Å². The second-order valence-corrected chi connectivity index (χ2v) is 5.01. The van der Waals surface area contributed by atoms with Crippen molar-refractivity contribution < 1.29 is 0 Å². The van der Waals surface area contributed by atoms with Crippen molar-refractivity contribution in [1.29, 1.82) is 0 Å². The first-order chi connectivity index (χ1) is 9.86. The molecular formula is C18H14N2. The molecule has 0 radical (unpaired) electrons. The molecule has 2 heteroatoms. The third-order valence-electron chi connectivity index (χ3n) is 3.78. The minimum Gasteiger partial charge on any atom is -0.294 e. The van der Waals surface area contributed by atoms with E-state index in [1.54, 1.807) is 0 Å². The fourth-order valence-corrected chi connectivity index (χ4v) is 2.88. The maximum absolute atomic E-state index is 4.62. The third kappa shape index (κ3) is 1.48. The normalized spacial score (nSPS) is 11.2. The maximum atomic E-state index is 4.62. The van der Waals surface area contributed by atoms with E-state index in [0.29, 0.717) is 0 Å². The molecule has 4 aromatic rings. The molecule has 4 rings (SSSR count). The second-order valence-electron chi connectivity index (χ2n) is 5.01. The van der Waals surface area contributed by atoms with Crippen molar-refractivity contribution in [1.82, 2.24) is 9.55 Å². The fraction of sp³-hybridized carbons (Fsp3) is 0.0556. The molecule has 0 N–H and O–H groups in total. The first-order valence-corrected chi connectivity index (χ1v) is 6.76. The third-order valence-corrected chi connectivity index (χ3v) is 3.78. The Morgan fingerprint density at radius 3 is 2.45 bits per heavy atom. The predicted octanol–water partition coefficient (Wildman–Crippen LogP) is 4.49. The van der Waals surface area contributed by atoms with Crippen molar-refractivity contribution in [3.8, 4) is 5.69 Å². The lowest BCUT2D eigenvalue weighted by Gasteiger charge is -2.06. The zero-order valence-corrected chi connectivity index (χ0v) is 11.2. The molecule has 0 atom stereocenters. The van der Waals surface area contributed by atoms with Gasteiger partial charge in [0.25, 0.3) is 0 Å². The lowest BCUT2D eigenvalue weighted by molar-refractivity contribution is 1.13. The molecule has 2 heterocycles. The number of nitrogens with zero attached hydrogens (tertiary/aromatic N) is 2. The van der Waals surface area contributed by atoms with E-state index in [4.69, 9.17) is 0 Å². The summed E-state index contributed by atoms with van der Waals surface area (Å²) in [5, 5.41) is 2.50. The number of aromatic nitrogens is 2. The molecule has 2 aromatic heterocycles. The number of rotatable bonds is 1. The van der Waals surface area contributed by atoms with E-state index in [0.717, 1.165) is 11.3 Å². The summed E-state index contributed by atoms with van der Waals surface area (Å²) >= 11 is 0. The van der Waals surface area contributed by atoms with Crippen LogP contribution in [0.5, 0.6) is 0 Å². The molecule has 96 valence electrons. The van der Waals surface area contributed by atoms with Gasteiger partial charge in [-0.2, -0.15) is 0 Å². The van der Waals surface area contributed by atoms with E-state index in [1.165, 1.54) is 21.9 Å². The topological polar surface area (TPSA) is 17.8 Å². The zero-order chi connectivity index (χ0) is 13.5. The van der Waals surface area contributed by atoms with Crippen LogP contribution in [0.3, 0.4) is 0 Å². The van der Waals surface area contributed by atoms with Crippen LogP contribution in [0.15, 0.2) is 66.9 Å². The van der Waals surface area contributed by atoms with Crippen molar-refractivity contribution in [3.63, 3.8) is 0 Å². The quantitative estimate of drug-likeness (QED) is 0.492. The predicted molar refractivity (Wildman–Crippen MR) is 83.3 cm³/mol. The number of hydrogen-bond acceptors (Lipinski definition) is 1. The molecular weight excluding hydrogens is 244 g/mol. The largest absolute Gasteiger partial charge is 0.294 e. The molecule has 0 amide bonds. The molecule has 0 aliphatic carbocycles. The van der Waals surface area contributed by atoms with Crippen LogP contribution in [0, 0.1) is 6.92 Å². The average Bonchev–Trinajstić information content (AvgIpc) is 2.84. The standard InChI is InChI=1S/C18H14N2/c1-13-11-12-19-18-17(13)15-9-5-6-10-16(15)20(18)14-7-3-2-4-8-14/h2-12H,1H3. The van der Waals surface area contributed by atoms with Gasteiger partial charge in [0.1, 0.15) is 5.65 Å². The van der Waals surface area contributed by atoms with E-state index in [2.05, 4.69) is 71.1 Å². The minimum absolute atomic E-state index is 1.03. The van der Waals surface area contributed by atoms with Gasteiger partial charge in [-0.3, -0.25) is 4.57 Å². The van der Waals surface area contributed by atoms with Crippen molar-refractivity contribution in [2.75, 3.05) is 0 Å². The summed E-state index contributed by atoms with van der Waals surface area (Å²) in [7, 11) is 0. The number of pyridine rings is 1. The Hall–Kier alpha value is -2.61. The van der Waals surface area contributed by atoms with Crippen molar-refractivity contribution in [2.24, 2.45) is 0 Å². The van der Waals surface area contributed by atoms with Gasteiger partial charge < -0.3 is 0 Å². The molecule has 0 fully saturated rings. The Labute approximate surface area is 117 Å². The maximum Gasteiger partial charge on any atom is 0.145 e. The van der Waals surface area contributed by atoms with E-state index < -0.39 is 0 Å². The van der Waals surface area contributed by atoms with Crippen LogP contribution in [-0.2, 0) is 0 Å². The molecule has 2 aromatic carbocycles. The van der Waals surface area contributed by atoms with Gasteiger partial charge in [0, 0.05) is 22.7 Å². The van der Waals surface area contributed by atoms with Crippen LogP contribution in [0.2, 0.25) is 0 Å². The summed E-state index contributed by atoms with van der Waals surface area (Å²) < 4.78 is 2.23. The molecule has 0 aliphatic rings. The van der Waals surface area contributed by atoms with Crippen LogP contribution < -0.4 is 0 Å². The van der Waals surface area contributed by atoms with Gasteiger partial charge in [-0.1, -0.05) is 36.4 Å². The Bertz CT molecular complexity index is 905. The Balaban J connectivity index is 2.26. The lowest BCUT2D eigenvalue weighted by Crippen LogP contribution is -1.94. The molecule has 0 saturated carbocycles. The number of fused-ring (bicyclic) bond motifs is 3. The van der Waals surface area contributed by atoms with Crippen molar-refractivity contribution >= 4 is 21.9 Å². The van der Waals surface area contributed by atoms with E-state index in [9.17, 15) is 0 Å². The second kappa shape index (κ2) is 4.20. The minimum atomic E-state index is 1.03. The summed E-state index contributed by atoms with van der Waals surface area (Å²) in [5.41, 5.74) is 4.64. The average molecular weight is 258 g/mol. The number of hydrogen-bond donors (Lipinski definition) is 0. The van der Waals surface area contributed by atoms with Gasteiger partial charge in [0.2, 0.25) is 0 Å². The number of para-hydroxylation sites is 2. The highest BCUT2D eigenvalue weighted by atomic mass is 15.0. The highest BCUT2D eigenvalue weighted by Gasteiger charge is 2.13. The van der Waals surface area contributed by atoms with Gasteiger partial charge in [0.15, 0.2) is 0 Å². The van der Waals surface area contributed by atoms with Gasteiger partial charge >= 0.3 is 0 Å². The SMILES string of the molecule is Cc1ccnc2c1c1ccccc1n2-c1ccccc1. The molecule has 0 aliphatic heterocycles. The van der Waals surface area contributed by atoms with E-state index in [1.807, 2.05) is 12.3 Å². The lowest BCUT2D eigenvalue weighted by atomic mass is 10.1. The summed E-state index contributed by atoms with van der Waals surface area (Å²) in [6.45, 7) is 2.14. The molecule has 0 saturated heterocycles. The van der Waals surface area contributed by atoms with Crippen LogP contribution in [0.4, 0.5) is 0 Å². The highest BCUT2D eigenvalue weighted by molar-refractivity contribution is 6.09. The van der Waals surface area contributed by atoms with Crippen LogP contribution in [0.1, 0.15) is 5.56 Å². The van der Waals surface area contributed by atoms with Crippen LogP contribution >= 0.6 is 0 Å². The van der Waals surface area contributed by atoms with Crippen LogP contribution in [0.25, 0.3) is 27.6 Å². The van der Waals surface area contributed by atoms with E-state index >= 15 is 0 Å².